The van der Waals surface area contributed by atoms with E-state index in [4.69, 9.17) is 20.4 Å². The van der Waals surface area contributed by atoms with Crippen LogP contribution in [0.2, 0.25) is 0 Å². The van der Waals surface area contributed by atoms with Crippen molar-refractivity contribution in [3.05, 3.63) is 29.8 Å². The molecule has 0 bridgehead atoms. The first-order chi connectivity index (χ1) is 7.49. The zero-order valence-electron chi connectivity index (χ0n) is 9.00. The molecule has 1 rings (SSSR count). The minimum Gasteiger partial charge on any atom is -0.507 e. The maximum Gasteiger partial charge on any atom is 0.339 e. The minimum absolute atomic E-state index is 0.0671. The second kappa shape index (κ2) is 7.67. The van der Waals surface area contributed by atoms with Gasteiger partial charge in [0, 0.05) is 6.61 Å². The number of para-hydroxylation sites is 1. The lowest BCUT2D eigenvalue weighted by molar-refractivity contribution is 0.0693. The van der Waals surface area contributed by atoms with Gasteiger partial charge in [0.1, 0.15) is 11.3 Å². The molecule has 0 spiro atoms. The first-order valence-corrected chi connectivity index (χ1v) is 4.79. The molecule has 16 heavy (non-hydrogen) atoms. The Kier molecular flexibility index (Phi) is 6.91. The number of phenols is 1. The van der Waals surface area contributed by atoms with Crippen molar-refractivity contribution in [2.24, 2.45) is 0 Å². The van der Waals surface area contributed by atoms with Crippen LogP contribution < -0.4 is 0 Å². The average molecular weight is 228 g/mol. The topological polar surface area (TPSA) is 98.0 Å². The molecule has 0 aliphatic heterocycles. The molecular formula is C11H16O5. The van der Waals surface area contributed by atoms with Gasteiger partial charge in [0.25, 0.3) is 0 Å². The number of aromatic hydroxyl groups is 1. The van der Waals surface area contributed by atoms with E-state index in [1.165, 1.54) is 12.1 Å². The van der Waals surface area contributed by atoms with E-state index in [1.54, 1.807) is 19.1 Å². The van der Waals surface area contributed by atoms with Gasteiger partial charge in [0.15, 0.2) is 0 Å². The van der Waals surface area contributed by atoms with Gasteiger partial charge in [0.05, 0.1) is 6.10 Å². The summed E-state index contributed by atoms with van der Waals surface area (Å²) in [7, 11) is 0. The van der Waals surface area contributed by atoms with Gasteiger partial charge < -0.3 is 20.4 Å². The van der Waals surface area contributed by atoms with Crippen LogP contribution >= 0.6 is 0 Å². The standard InChI is InChI=1S/C7H6O3.C4H10O2/c8-6-4-2-1-3-5(6)7(9)10;1-4(6)2-3-5/h1-4,8H,(H,9,10);4-6H,2-3H2,1H3. The molecule has 1 aromatic carbocycles. The summed E-state index contributed by atoms with van der Waals surface area (Å²) in [5.74, 6) is -1.31. The van der Waals surface area contributed by atoms with Crippen LogP contribution in [-0.2, 0) is 0 Å². The van der Waals surface area contributed by atoms with Crippen LogP contribution in [0.3, 0.4) is 0 Å². The fourth-order valence-electron chi connectivity index (χ4n) is 0.841. The van der Waals surface area contributed by atoms with Crippen molar-refractivity contribution < 1.29 is 25.2 Å². The third-order valence-electron chi connectivity index (χ3n) is 1.68. The zero-order chi connectivity index (χ0) is 12.6. The smallest absolute Gasteiger partial charge is 0.339 e. The Hall–Kier alpha value is -1.59. The summed E-state index contributed by atoms with van der Waals surface area (Å²) < 4.78 is 0. The lowest BCUT2D eigenvalue weighted by Crippen LogP contribution is -2.00. The van der Waals surface area contributed by atoms with Crippen molar-refractivity contribution in [3.8, 4) is 5.75 Å². The summed E-state index contributed by atoms with van der Waals surface area (Å²) >= 11 is 0. The normalized spacial score (nSPS) is 11.2. The number of rotatable bonds is 3. The first kappa shape index (κ1) is 14.4. The molecule has 0 aromatic heterocycles. The van der Waals surface area contributed by atoms with Crippen LogP contribution in [0.4, 0.5) is 0 Å². The molecule has 90 valence electrons. The molecule has 0 aliphatic rings. The number of aliphatic hydroxyl groups is 2. The summed E-state index contributed by atoms with van der Waals surface area (Å²) in [6.45, 7) is 1.73. The Morgan fingerprint density at radius 2 is 1.94 bits per heavy atom. The highest BCUT2D eigenvalue weighted by molar-refractivity contribution is 5.90. The maximum atomic E-state index is 10.3. The van der Waals surface area contributed by atoms with Gasteiger partial charge in [-0.25, -0.2) is 4.79 Å². The molecule has 0 fully saturated rings. The first-order valence-electron chi connectivity index (χ1n) is 4.79. The predicted octanol–water partition coefficient (Wildman–Crippen LogP) is 0.840. The lowest BCUT2D eigenvalue weighted by atomic mass is 10.2. The highest BCUT2D eigenvalue weighted by Crippen LogP contribution is 2.14. The SMILES string of the molecule is CC(O)CCO.O=C(O)c1ccccc1O. The second-order valence-corrected chi connectivity index (χ2v) is 3.18. The van der Waals surface area contributed by atoms with Crippen molar-refractivity contribution in [2.45, 2.75) is 19.4 Å². The number of carbonyl (C=O) groups is 1. The second-order valence-electron chi connectivity index (χ2n) is 3.18. The predicted molar refractivity (Wildman–Crippen MR) is 58.4 cm³/mol. The van der Waals surface area contributed by atoms with Crippen molar-refractivity contribution in [2.75, 3.05) is 6.61 Å². The molecule has 0 amide bonds. The molecule has 1 unspecified atom stereocenters. The zero-order valence-corrected chi connectivity index (χ0v) is 9.00. The Morgan fingerprint density at radius 1 is 1.38 bits per heavy atom. The van der Waals surface area contributed by atoms with Crippen LogP contribution in [0.15, 0.2) is 24.3 Å². The Morgan fingerprint density at radius 3 is 2.19 bits per heavy atom. The van der Waals surface area contributed by atoms with E-state index in [0.29, 0.717) is 6.42 Å². The Balaban J connectivity index is 0.000000325. The average Bonchev–Trinajstić information content (AvgIpc) is 2.18. The van der Waals surface area contributed by atoms with E-state index in [1.807, 2.05) is 0 Å². The van der Waals surface area contributed by atoms with Crippen LogP contribution in [-0.4, -0.2) is 39.1 Å². The van der Waals surface area contributed by atoms with Gasteiger partial charge >= 0.3 is 5.97 Å². The van der Waals surface area contributed by atoms with Crippen LogP contribution in [0, 0.1) is 0 Å². The monoisotopic (exact) mass is 228 g/mol. The van der Waals surface area contributed by atoms with E-state index in [-0.39, 0.29) is 24.0 Å². The van der Waals surface area contributed by atoms with Crippen molar-refractivity contribution in [3.63, 3.8) is 0 Å². The van der Waals surface area contributed by atoms with Gasteiger partial charge in [-0.1, -0.05) is 12.1 Å². The van der Waals surface area contributed by atoms with Crippen molar-refractivity contribution in [1.29, 1.82) is 0 Å². The third kappa shape index (κ3) is 6.00. The summed E-state index contributed by atoms with van der Waals surface area (Å²) in [5.41, 5.74) is -0.0671. The molecule has 1 atom stereocenters. The summed E-state index contributed by atoms with van der Waals surface area (Å²) in [5, 5.41) is 33.8. The molecule has 5 heteroatoms. The number of aliphatic hydroxyl groups excluding tert-OH is 2. The van der Waals surface area contributed by atoms with E-state index in [0.717, 1.165) is 0 Å². The van der Waals surface area contributed by atoms with E-state index in [2.05, 4.69) is 0 Å². The summed E-state index contributed by atoms with van der Waals surface area (Å²) in [6.07, 6.45) is 0.134. The summed E-state index contributed by atoms with van der Waals surface area (Å²) in [6, 6.07) is 5.81. The van der Waals surface area contributed by atoms with E-state index in [9.17, 15) is 4.79 Å². The van der Waals surface area contributed by atoms with Crippen LogP contribution in [0.25, 0.3) is 0 Å². The Bertz CT molecular complexity index is 322. The molecule has 0 aliphatic carbocycles. The number of carboxylic acid groups (broad SMARTS) is 1. The van der Waals surface area contributed by atoms with Crippen LogP contribution in [0.1, 0.15) is 23.7 Å². The van der Waals surface area contributed by atoms with Gasteiger partial charge in [-0.2, -0.15) is 0 Å². The highest BCUT2D eigenvalue weighted by atomic mass is 16.4. The molecule has 0 heterocycles. The number of aromatic carboxylic acids is 1. The van der Waals surface area contributed by atoms with Gasteiger partial charge in [-0.05, 0) is 25.5 Å². The van der Waals surface area contributed by atoms with Gasteiger partial charge in [0.2, 0.25) is 0 Å². The molecule has 5 nitrogen and oxygen atoms in total. The molecular weight excluding hydrogens is 212 g/mol. The number of benzene rings is 1. The molecule has 0 saturated heterocycles. The molecule has 0 radical (unpaired) electrons. The highest BCUT2D eigenvalue weighted by Gasteiger charge is 2.05. The maximum absolute atomic E-state index is 10.3. The minimum atomic E-state index is -1.11. The number of hydrogen-bond acceptors (Lipinski definition) is 4. The fourth-order valence-corrected chi connectivity index (χ4v) is 0.841. The third-order valence-corrected chi connectivity index (χ3v) is 1.68. The van der Waals surface area contributed by atoms with E-state index < -0.39 is 5.97 Å². The van der Waals surface area contributed by atoms with E-state index >= 15 is 0 Å². The molecule has 0 saturated carbocycles. The summed E-state index contributed by atoms with van der Waals surface area (Å²) in [4.78, 5) is 10.3. The lowest BCUT2D eigenvalue weighted by Gasteiger charge is -1.95. The van der Waals surface area contributed by atoms with Crippen molar-refractivity contribution in [1.82, 2.24) is 0 Å². The van der Waals surface area contributed by atoms with Gasteiger partial charge in [-0.15, -0.1) is 0 Å². The fraction of sp³-hybridized carbons (Fsp3) is 0.364. The molecule has 4 N–H and O–H groups in total. The van der Waals surface area contributed by atoms with Gasteiger partial charge in [-0.3, -0.25) is 0 Å². The number of carboxylic acids is 1. The van der Waals surface area contributed by atoms with Crippen molar-refractivity contribution >= 4 is 5.97 Å². The van der Waals surface area contributed by atoms with Crippen LogP contribution in [0.5, 0.6) is 5.75 Å². The Labute approximate surface area is 93.6 Å². The molecule has 1 aromatic rings. The number of hydrogen-bond donors (Lipinski definition) is 4. The largest absolute Gasteiger partial charge is 0.507 e. The quantitative estimate of drug-likeness (QED) is 0.614.